The van der Waals surface area contributed by atoms with Crippen molar-refractivity contribution in [2.24, 2.45) is 0 Å². The largest absolute Gasteiger partial charge is 0.444 e. The Balaban J connectivity index is 1.44. The second kappa shape index (κ2) is 9.87. The van der Waals surface area contributed by atoms with Crippen molar-refractivity contribution in [3.05, 3.63) is 88.9 Å². The van der Waals surface area contributed by atoms with Gasteiger partial charge in [0.25, 0.3) is 5.91 Å². The monoisotopic (exact) mass is 498 g/mol. The highest BCUT2D eigenvalue weighted by molar-refractivity contribution is 7.17. The summed E-state index contributed by atoms with van der Waals surface area (Å²) in [4.78, 5) is 29.4. The number of hydrogen-bond acceptors (Lipinski definition) is 5. The number of ketones is 1. The molecule has 5 nitrogen and oxygen atoms in total. The molecule has 0 fully saturated rings. The molecule has 1 N–H and O–H groups in total. The molecule has 0 saturated heterocycles. The molecule has 35 heavy (non-hydrogen) atoms. The lowest BCUT2D eigenvalue weighted by atomic mass is 9.90. The lowest BCUT2D eigenvalue weighted by Crippen LogP contribution is -2.36. The molecule has 0 radical (unpaired) electrons. The van der Waals surface area contributed by atoms with Crippen LogP contribution in [0, 0.1) is 5.82 Å². The normalized spacial score (nSPS) is 11.6. The Hall–Kier alpha value is -3.72. The molecule has 0 unspecified atom stereocenters. The summed E-state index contributed by atoms with van der Waals surface area (Å²) in [7, 11) is 0. The lowest BCUT2D eigenvalue weighted by Gasteiger charge is -2.22. The van der Waals surface area contributed by atoms with E-state index in [1.165, 1.54) is 24.5 Å². The number of aromatic nitrogens is 1. The first kappa shape index (κ1) is 24.4. The zero-order valence-corrected chi connectivity index (χ0v) is 19.7. The number of thiophene rings is 1. The van der Waals surface area contributed by atoms with Crippen LogP contribution in [0.3, 0.4) is 0 Å². The van der Waals surface area contributed by atoms with Crippen LogP contribution in [0.1, 0.15) is 39.6 Å². The topological polar surface area (TPSA) is 72.2 Å². The van der Waals surface area contributed by atoms with Gasteiger partial charge in [0.15, 0.2) is 0 Å². The zero-order chi connectivity index (χ0) is 25.2. The molecule has 0 atom stereocenters. The molecule has 2 aromatic heterocycles. The van der Waals surface area contributed by atoms with Crippen molar-refractivity contribution in [1.82, 2.24) is 10.3 Å². The summed E-state index contributed by atoms with van der Waals surface area (Å²) in [5, 5.41) is 2.89. The van der Waals surface area contributed by atoms with Gasteiger partial charge in [0.2, 0.25) is 11.7 Å². The number of carbonyl (C=O) groups is 2. The van der Waals surface area contributed by atoms with Crippen molar-refractivity contribution in [1.29, 1.82) is 0 Å². The van der Waals surface area contributed by atoms with Crippen molar-refractivity contribution < 1.29 is 27.2 Å². The van der Waals surface area contributed by atoms with E-state index in [0.29, 0.717) is 33.2 Å². The standard InChI is InChI=1S/C26H21F3N2O3S/c1-26(2,21-13-34-25(31-21)15-6-8-18(27)9-7-15)14-30-24(33)17-5-3-4-16(12-17)19-10-11-20(35-19)22(32)23(28)29/h3-13,23H,14H2,1-2H3,(H,30,33). The first-order chi connectivity index (χ1) is 16.6. The predicted octanol–water partition coefficient (Wildman–Crippen LogP) is 6.36. The first-order valence-electron chi connectivity index (χ1n) is 10.7. The van der Waals surface area contributed by atoms with E-state index >= 15 is 0 Å². The van der Waals surface area contributed by atoms with Crippen LogP contribution in [-0.4, -0.2) is 29.6 Å². The summed E-state index contributed by atoms with van der Waals surface area (Å²) < 4.78 is 44.1. The Bertz CT molecular complexity index is 1360. The van der Waals surface area contributed by atoms with Gasteiger partial charge >= 0.3 is 6.43 Å². The lowest BCUT2D eigenvalue weighted by molar-refractivity contribution is 0.0683. The van der Waals surface area contributed by atoms with Gasteiger partial charge < -0.3 is 9.73 Å². The third-order valence-corrected chi connectivity index (χ3v) is 6.58. The molecule has 0 saturated carbocycles. The third kappa shape index (κ3) is 5.51. The van der Waals surface area contributed by atoms with Gasteiger partial charge in [-0.1, -0.05) is 26.0 Å². The van der Waals surface area contributed by atoms with Crippen LogP contribution < -0.4 is 5.32 Å². The maximum absolute atomic E-state index is 13.2. The van der Waals surface area contributed by atoms with Crippen molar-refractivity contribution >= 4 is 23.0 Å². The third-order valence-electron chi connectivity index (χ3n) is 5.44. The summed E-state index contributed by atoms with van der Waals surface area (Å²) in [5.74, 6) is -1.53. The Labute approximate surface area is 203 Å². The highest BCUT2D eigenvalue weighted by atomic mass is 32.1. The zero-order valence-electron chi connectivity index (χ0n) is 18.8. The molecule has 4 rings (SSSR count). The summed E-state index contributed by atoms with van der Waals surface area (Å²) in [6.45, 7) is 4.07. The molecule has 0 bridgehead atoms. The molecular weight excluding hydrogens is 477 g/mol. The quantitative estimate of drug-likeness (QED) is 0.287. The van der Waals surface area contributed by atoms with Gasteiger partial charge in [-0.25, -0.2) is 18.2 Å². The fourth-order valence-electron chi connectivity index (χ4n) is 3.35. The predicted molar refractivity (Wildman–Crippen MR) is 127 cm³/mol. The highest BCUT2D eigenvalue weighted by Crippen LogP contribution is 2.30. The number of hydrogen-bond donors (Lipinski definition) is 1. The van der Waals surface area contributed by atoms with Crippen LogP contribution in [0.2, 0.25) is 0 Å². The van der Waals surface area contributed by atoms with E-state index in [4.69, 9.17) is 4.42 Å². The van der Waals surface area contributed by atoms with Crippen LogP contribution in [0.25, 0.3) is 21.9 Å². The number of alkyl halides is 2. The number of benzene rings is 2. The van der Waals surface area contributed by atoms with E-state index in [1.54, 1.807) is 42.5 Å². The maximum Gasteiger partial charge on any atom is 0.301 e. The van der Waals surface area contributed by atoms with E-state index in [1.807, 2.05) is 13.8 Å². The number of nitrogens with zero attached hydrogens (tertiary/aromatic N) is 1. The average molecular weight is 499 g/mol. The molecule has 0 spiro atoms. The van der Waals surface area contributed by atoms with Gasteiger partial charge in [-0.3, -0.25) is 9.59 Å². The van der Waals surface area contributed by atoms with Gasteiger partial charge in [-0.2, -0.15) is 0 Å². The number of rotatable bonds is 8. The molecule has 0 aliphatic heterocycles. The van der Waals surface area contributed by atoms with Crippen molar-refractivity contribution in [3.63, 3.8) is 0 Å². The number of oxazole rings is 1. The average Bonchev–Trinajstić information content (AvgIpc) is 3.53. The Kier molecular flexibility index (Phi) is 6.88. The number of Topliss-reactive ketones (excluding diaryl/α,β-unsaturated/α-hetero) is 1. The van der Waals surface area contributed by atoms with Crippen molar-refractivity contribution in [2.45, 2.75) is 25.7 Å². The molecule has 180 valence electrons. The minimum Gasteiger partial charge on any atom is -0.444 e. The molecule has 4 aromatic rings. The Morgan fingerprint density at radius 2 is 1.80 bits per heavy atom. The molecule has 2 heterocycles. The molecule has 0 aliphatic carbocycles. The van der Waals surface area contributed by atoms with Gasteiger partial charge in [0.05, 0.1) is 10.6 Å². The number of nitrogens with one attached hydrogen (secondary N) is 1. The van der Waals surface area contributed by atoms with Crippen molar-refractivity contribution in [3.8, 4) is 21.9 Å². The summed E-state index contributed by atoms with van der Waals surface area (Å²) in [5.41, 5.74) is 1.74. The number of carbonyl (C=O) groups excluding carboxylic acids is 2. The van der Waals surface area contributed by atoms with Crippen molar-refractivity contribution in [2.75, 3.05) is 6.54 Å². The second-order valence-corrected chi connectivity index (χ2v) is 9.60. The summed E-state index contributed by atoms with van der Waals surface area (Å²) in [6, 6.07) is 15.5. The number of halogens is 3. The Morgan fingerprint density at radius 3 is 2.51 bits per heavy atom. The van der Waals surface area contributed by atoms with Crippen LogP contribution in [-0.2, 0) is 5.41 Å². The van der Waals surface area contributed by atoms with E-state index < -0.39 is 17.6 Å². The highest BCUT2D eigenvalue weighted by Gasteiger charge is 2.26. The fraction of sp³-hybridized carbons (Fsp3) is 0.192. The van der Waals surface area contributed by atoms with E-state index in [0.717, 1.165) is 11.3 Å². The SMILES string of the molecule is CC(C)(CNC(=O)c1cccc(-c2ccc(C(=O)C(F)F)s2)c1)c1coc(-c2ccc(F)cc2)n1. The van der Waals surface area contributed by atoms with Crippen LogP contribution >= 0.6 is 11.3 Å². The smallest absolute Gasteiger partial charge is 0.301 e. The summed E-state index contributed by atoms with van der Waals surface area (Å²) in [6.07, 6.45) is -1.54. The van der Waals surface area contributed by atoms with Gasteiger partial charge in [0.1, 0.15) is 12.1 Å². The fourth-order valence-corrected chi connectivity index (χ4v) is 4.29. The van der Waals surface area contributed by atoms with Crippen LogP contribution in [0.4, 0.5) is 13.2 Å². The van der Waals surface area contributed by atoms with E-state index in [9.17, 15) is 22.8 Å². The summed E-state index contributed by atoms with van der Waals surface area (Å²) >= 11 is 0.958. The van der Waals surface area contributed by atoms with Gasteiger partial charge in [-0.15, -0.1) is 11.3 Å². The number of amides is 1. The first-order valence-corrected chi connectivity index (χ1v) is 11.5. The minimum absolute atomic E-state index is 0.0285. The molecule has 9 heteroatoms. The molecule has 0 aliphatic rings. The molecule has 2 aromatic carbocycles. The molecular formula is C26H21F3N2O3S. The minimum atomic E-state index is -3.06. The van der Waals surface area contributed by atoms with Gasteiger partial charge in [-0.05, 0) is 54.1 Å². The van der Waals surface area contributed by atoms with Crippen LogP contribution in [0.5, 0.6) is 0 Å². The van der Waals surface area contributed by atoms with E-state index in [-0.39, 0.29) is 23.1 Å². The van der Waals surface area contributed by atoms with Gasteiger partial charge in [0, 0.05) is 28.0 Å². The Morgan fingerprint density at radius 1 is 1.06 bits per heavy atom. The molecule has 1 amide bonds. The maximum atomic E-state index is 13.2. The van der Waals surface area contributed by atoms with E-state index in [2.05, 4.69) is 10.3 Å². The second-order valence-electron chi connectivity index (χ2n) is 8.52. The van der Waals surface area contributed by atoms with Crippen LogP contribution in [0.15, 0.2) is 71.3 Å².